The first-order chi connectivity index (χ1) is 8.27. The quantitative estimate of drug-likeness (QED) is 0.633. The van der Waals surface area contributed by atoms with Crippen LogP contribution in [0.2, 0.25) is 0 Å². The summed E-state index contributed by atoms with van der Waals surface area (Å²) in [6, 6.07) is 0. The van der Waals surface area contributed by atoms with Gasteiger partial charge in [0.05, 0.1) is 12.7 Å². The van der Waals surface area contributed by atoms with Crippen molar-refractivity contribution in [3.8, 4) is 0 Å². The summed E-state index contributed by atoms with van der Waals surface area (Å²) in [4.78, 5) is 0. The summed E-state index contributed by atoms with van der Waals surface area (Å²) in [6.07, 6.45) is 4.11. The molecule has 0 unspecified atom stereocenters. The molecule has 1 fully saturated rings. The molecule has 1 aliphatic rings. The van der Waals surface area contributed by atoms with Crippen molar-refractivity contribution in [1.82, 2.24) is 0 Å². The van der Waals surface area contributed by atoms with Gasteiger partial charge in [-0.3, -0.25) is 0 Å². The fraction of sp³-hybridized carbons (Fsp3) is 1.00. The second-order valence-corrected chi connectivity index (χ2v) is 4.56. The van der Waals surface area contributed by atoms with Crippen LogP contribution in [0.4, 0.5) is 0 Å². The van der Waals surface area contributed by atoms with E-state index in [1.165, 1.54) is 0 Å². The average molecular weight is 246 g/mol. The van der Waals surface area contributed by atoms with Crippen LogP contribution >= 0.6 is 0 Å². The molecular weight excluding hydrogens is 220 g/mol. The van der Waals surface area contributed by atoms with E-state index in [0.717, 1.165) is 38.9 Å². The molecule has 102 valence electrons. The summed E-state index contributed by atoms with van der Waals surface area (Å²) in [5.41, 5.74) is 0. The normalized spacial score (nSPS) is 28.8. The zero-order chi connectivity index (χ0) is 12.5. The van der Waals surface area contributed by atoms with Gasteiger partial charge in [0, 0.05) is 19.6 Å². The van der Waals surface area contributed by atoms with E-state index in [9.17, 15) is 5.11 Å². The van der Waals surface area contributed by atoms with Crippen LogP contribution < -0.4 is 0 Å². The summed E-state index contributed by atoms with van der Waals surface area (Å²) in [5.74, 6) is 0. The third-order valence-electron chi connectivity index (χ3n) is 2.93. The van der Waals surface area contributed by atoms with Crippen LogP contribution in [0.25, 0.3) is 0 Å². The van der Waals surface area contributed by atoms with Gasteiger partial charge in [0.1, 0.15) is 6.10 Å². The Bertz CT molecular complexity index is 186. The average Bonchev–Trinajstić information content (AvgIpc) is 2.66. The van der Waals surface area contributed by atoms with Gasteiger partial charge in [0.2, 0.25) is 0 Å². The highest BCUT2D eigenvalue weighted by molar-refractivity contribution is 4.79. The van der Waals surface area contributed by atoms with Gasteiger partial charge in [-0.05, 0) is 12.8 Å². The molecule has 0 amide bonds. The van der Waals surface area contributed by atoms with Crippen molar-refractivity contribution in [3.63, 3.8) is 0 Å². The van der Waals surface area contributed by atoms with Crippen LogP contribution in [0.15, 0.2) is 0 Å². The summed E-state index contributed by atoms with van der Waals surface area (Å²) in [6.45, 7) is 6.29. The first kappa shape index (κ1) is 14.9. The predicted octanol–water partition coefficient (Wildman–Crippen LogP) is 2.10. The number of hydrogen-bond acceptors (Lipinski definition) is 4. The van der Waals surface area contributed by atoms with Gasteiger partial charge in [-0.15, -0.1) is 0 Å². The number of ether oxygens (including phenoxy) is 3. The van der Waals surface area contributed by atoms with Crippen LogP contribution in [-0.4, -0.2) is 43.4 Å². The monoisotopic (exact) mass is 246 g/mol. The van der Waals surface area contributed by atoms with Crippen molar-refractivity contribution in [1.29, 1.82) is 0 Å². The number of unbranched alkanes of at least 4 members (excludes halogenated alkanes) is 2. The van der Waals surface area contributed by atoms with Gasteiger partial charge in [0.15, 0.2) is 6.29 Å². The second kappa shape index (κ2) is 8.86. The number of aliphatic hydroxyl groups excluding tert-OH is 1. The highest BCUT2D eigenvalue weighted by atomic mass is 16.6. The molecule has 4 nitrogen and oxygen atoms in total. The molecule has 0 radical (unpaired) electrons. The molecule has 1 heterocycles. The standard InChI is InChI=1S/C13H26O4/c1-3-5-7-15-10-12-11(9-13(14)17-12)16-8-6-4-2/h11-14H,3-10H2,1-2H3/t11-,12-,13-/m1/s1. The van der Waals surface area contributed by atoms with Crippen LogP contribution in [-0.2, 0) is 14.2 Å². The van der Waals surface area contributed by atoms with Crippen molar-refractivity contribution < 1.29 is 19.3 Å². The summed E-state index contributed by atoms with van der Waals surface area (Å²) >= 11 is 0. The maximum Gasteiger partial charge on any atom is 0.157 e. The fourth-order valence-corrected chi connectivity index (χ4v) is 1.84. The van der Waals surface area contributed by atoms with Gasteiger partial charge in [0.25, 0.3) is 0 Å². The molecule has 0 aromatic rings. The molecule has 1 N–H and O–H groups in total. The SMILES string of the molecule is CCCCOC[C@H]1O[C@@H](O)C[C@H]1OCCCC. The van der Waals surface area contributed by atoms with E-state index in [-0.39, 0.29) is 12.2 Å². The third-order valence-corrected chi connectivity index (χ3v) is 2.93. The molecule has 3 atom stereocenters. The van der Waals surface area contributed by atoms with Crippen molar-refractivity contribution >= 4 is 0 Å². The lowest BCUT2D eigenvalue weighted by Gasteiger charge is -2.18. The van der Waals surface area contributed by atoms with E-state index in [0.29, 0.717) is 13.0 Å². The zero-order valence-electron chi connectivity index (χ0n) is 11.1. The molecular formula is C13H26O4. The van der Waals surface area contributed by atoms with Gasteiger partial charge in [-0.2, -0.15) is 0 Å². The first-order valence-corrected chi connectivity index (χ1v) is 6.80. The third kappa shape index (κ3) is 5.82. The molecule has 0 bridgehead atoms. The topological polar surface area (TPSA) is 47.9 Å². The Kier molecular flexibility index (Phi) is 7.77. The van der Waals surface area contributed by atoms with E-state index in [2.05, 4.69) is 13.8 Å². The van der Waals surface area contributed by atoms with E-state index >= 15 is 0 Å². The lowest BCUT2D eigenvalue weighted by Crippen LogP contribution is -2.29. The van der Waals surface area contributed by atoms with E-state index in [1.54, 1.807) is 0 Å². The highest BCUT2D eigenvalue weighted by Crippen LogP contribution is 2.22. The Morgan fingerprint density at radius 2 is 1.88 bits per heavy atom. The van der Waals surface area contributed by atoms with Gasteiger partial charge < -0.3 is 19.3 Å². The van der Waals surface area contributed by atoms with Crippen LogP contribution in [0, 0.1) is 0 Å². The Balaban J connectivity index is 2.19. The number of rotatable bonds is 9. The fourth-order valence-electron chi connectivity index (χ4n) is 1.84. The minimum atomic E-state index is -0.693. The van der Waals surface area contributed by atoms with Gasteiger partial charge in [-0.1, -0.05) is 26.7 Å². The van der Waals surface area contributed by atoms with Gasteiger partial charge in [-0.25, -0.2) is 0 Å². The number of hydrogen-bond donors (Lipinski definition) is 1. The van der Waals surface area contributed by atoms with Crippen LogP contribution in [0.5, 0.6) is 0 Å². The molecule has 0 aromatic carbocycles. The predicted molar refractivity (Wildman–Crippen MR) is 65.9 cm³/mol. The first-order valence-electron chi connectivity index (χ1n) is 6.80. The molecule has 0 aromatic heterocycles. The van der Waals surface area contributed by atoms with Crippen molar-refractivity contribution in [3.05, 3.63) is 0 Å². The smallest absolute Gasteiger partial charge is 0.157 e. The Morgan fingerprint density at radius 1 is 1.18 bits per heavy atom. The van der Waals surface area contributed by atoms with Crippen molar-refractivity contribution in [2.24, 2.45) is 0 Å². The second-order valence-electron chi connectivity index (χ2n) is 4.56. The summed E-state index contributed by atoms with van der Waals surface area (Å²) in [7, 11) is 0. The Morgan fingerprint density at radius 3 is 2.59 bits per heavy atom. The van der Waals surface area contributed by atoms with Crippen LogP contribution in [0.3, 0.4) is 0 Å². The molecule has 0 aliphatic carbocycles. The molecule has 4 heteroatoms. The lowest BCUT2D eigenvalue weighted by molar-refractivity contribution is -0.120. The van der Waals surface area contributed by atoms with Crippen molar-refractivity contribution in [2.45, 2.75) is 64.4 Å². The molecule has 1 saturated heterocycles. The molecule has 1 aliphatic heterocycles. The molecule has 1 rings (SSSR count). The summed E-state index contributed by atoms with van der Waals surface area (Å²) in [5, 5.41) is 9.47. The zero-order valence-corrected chi connectivity index (χ0v) is 11.1. The van der Waals surface area contributed by atoms with E-state index in [1.807, 2.05) is 0 Å². The summed E-state index contributed by atoms with van der Waals surface area (Å²) < 4.78 is 16.6. The van der Waals surface area contributed by atoms with Crippen molar-refractivity contribution in [2.75, 3.05) is 19.8 Å². The van der Waals surface area contributed by atoms with E-state index in [4.69, 9.17) is 14.2 Å². The maximum absolute atomic E-state index is 9.47. The molecule has 0 spiro atoms. The Hall–Kier alpha value is -0.160. The number of aliphatic hydroxyl groups is 1. The Labute approximate surface area is 104 Å². The minimum absolute atomic E-state index is 0.0156. The highest BCUT2D eigenvalue weighted by Gasteiger charge is 2.34. The van der Waals surface area contributed by atoms with Crippen LogP contribution in [0.1, 0.15) is 46.0 Å². The largest absolute Gasteiger partial charge is 0.379 e. The minimum Gasteiger partial charge on any atom is -0.379 e. The van der Waals surface area contributed by atoms with Gasteiger partial charge >= 0.3 is 0 Å². The molecule has 17 heavy (non-hydrogen) atoms. The molecule has 0 saturated carbocycles. The maximum atomic E-state index is 9.47. The lowest BCUT2D eigenvalue weighted by atomic mass is 10.2. The van der Waals surface area contributed by atoms with E-state index < -0.39 is 6.29 Å².